The van der Waals surface area contributed by atoms with E-state index in [0.29, 0.717) is 38.9 Å². The van der Waals surface area contributed by atoms with Crippen LogP contribution in [-0.2, 0) is 9.53 Å². The van der Waals surface area contributed by atoms with Gasteiger partial charge < -0.3 is 14.7 Å². The normalized spacial score (nSPS) is 22.5. The summed E-state index contributed by atoms with van der Waals surface area (Å²) < 4.78 is 5.82. The minimum atomic E-state index is -0.786. The summed E-state index contributed by atoms with van der Waals surface area (Å²) in [4.78, 5) is 27.6. The van der Waals surface area contributed by atoms with Crippen molar-refractivity contribution in [3.63, 3.8) is 0 Å². The van der Waals surface area contributed by atoms with E-state index in [1.807, 2.05) is 42.2 Å². The smallest absolute Gasteiger partial charge is 0.324 e. The van der Waals surface area contributed by atoms with Crippen LogP contribution in [0.4, 0.5) is 10.5 Å². The fraction of sp³-hybridized carbons (Fsp3) is 0.556. The zero-order valence-corrected chi connectivity index (χ0v) is 14.0. The molecule has 24 heavy (non-hydrogen) atoms. The second kappa shape index (κ2) is 6.81. The SMILES string of the molecule is CCN(C(=O)N1CCC2(CC1)CC(C(=O)O)CO2)c1ccccc1. The summed E-state index contributed by atoms with van der Waals surface area (Å²) >= 11 is 0. The fourth-order valence-electron chi connectivity index (χ4n) is 3.66. The Morgan fingerprint density at radius 3 is 2.50 bits per heavy atom. The molecule has 3 rings (SSSR count). The zero-order valence-electron chi connectivity index (χ0n) is 14.0. The molecule has 1 unspecified atom stereocenters. The molecule has 1 spiro atoms. The molecule has 130 valence electrons. The van der Waals surface area contributed by atoms with E-state index in [0.717, 1.165) is 5.69 Å². The van der Waals surface area contributed by atoms with E-state index in [1.165, 1.54) is 0 Å². The van der Waals surface area contributed by atoms with Crippen LogP contribution in [0.5, 0.6) is 0 Å². The average molecular weight is 332 g/mol. The molecule has 2 aliphatic heterocycles. The lowest BCUT2D eigenvalue weighted by Crippen LogP contribution is -2.51. The number of aliphatic carboxylic acids is 1. The lowest BCUT2D eigenvalue weighted by molar-refractivity contribution is -0.141. The van der Waals surface area contributed by atoms with E-state index in [4.69, 9.17) is 9.84 Å². The molecular formula is C18H24N2O4. The number of piperidine rings is 1. The number of nitrogens with zero attached hydrogens (tertiary/aromatic N) is 2. The largest absolute Gasteiger partial charge is 0.481 e. The first-order chi connectivity index (χ1) is 11.5. The fourth-order valence-corrected chi connectivity index (χ4v) is 3.66. The van der Waals surface area contributed by atoms with Crippen LogP contribution in [0.1, 0.15) is 26.2 Å². The number of para-hydroxylation sites is 1. The summed E-state index contributed by atoms with van der Waals surface area (Å²) in [6.45, 7) is 4.08. The van der Waals surface area contributed by atoms with Crippen LogP contribution in [0, 0.1) is 5.92 Å². The number of carboxylic acid groups (broad SMARTS) is 1. The number of benzene rings is 1. The van der Waals surface area contributed by atoms with Crippen molar-refractivity contribution in [1.29, 1.82) is 0 Å². The van der Waals surface area contributed by atoms with Gasteiger partial charge in [-0.05, 0) is 38.3 Å². The van der Waals surface area contributed by atoms with E-state index in [-0.39, 0.29) is 18.2 Å². The topological polar surface area (TPSA) is 70.1 Å². The standard InChI is InChI=1S/C18H24N2O4/c1-2-20(15-6-4-3-5-7-15)17(23)19-10-8-18(9-11-19)12-14(13-24-18)16(21)22/h3-7,14H,2,8-13H2,1H3,(H,21,22). The summed E-state index contributed by atoms with van der Waals surface area (Å²) in [5.41, 5.74) is 0.539. The molecule has 0 bridgehead atoms. The molecule has 1 atom stereocenters. The molecule has 6 nitrogen and oxygen atoms in total. The highest BCUT2D eigenvalue weighted by molar-refractivity contribution is 5.92. The van der Waals surface area contributed by atoms with E-state index in [2.05, 4.69) is 0 Å². The Balaban J connectivity index is 1.62. The summed E-state index contributed by atoms with van der Waals surface area (Å²) in [6.07, 6.45) is 1.96. The van der Waals surface area contributed by atoms with Crippen molar-refractivity contribution < 1.29 is 19.4 Å². The van der Waals surface area contributed by atoms with Crippen LogP contribution in [0.2, 0.25) is 0 Å². The Morgan fingerprint density at radius 1 is 1.29 bits per heavy atom. The van der Waals surface area contributed by atoms with Crippen LogP contribution < -0.4 is 4.90 Å². The Labute approximate surface area is 142 Å². The summed E-state index contributed by atoms with van der Waals surface area (Å²) in [5, 5.41) is 9.15. The summed E-state index contributed by atoms with van der Waals surface area (Å²) in [6, 6.07) is 9.66. The first-order valence-corrected chi connectivity index (χ1v) is 8.53. The number of rotatable bonds is 3. The van der Waals surface area contributed by atoms with Crippen molar-refractivity contribution in [2.24, 2.45) is 5.92 Å². The van der Waals surface area contributed by atoms with Crippen molar-refractivity contribution in [3.05, 3.63) is 30.3 Å². The van der Waals surface area contributed by atoms with Gasteiger partial charge in [-0.25, -0.2) is 4.79 Å². The highest BCUT2D eigenvalue weighted by Crippen LogP contribution is 2.39. The number of hydrogen-bond acceptors (Lipinski definition) is 3. The molecule has 1 aromatic carbocycles. The maximum absolute atomic E-state index is 12.8. The van der Waals surface area contributed by atoms with Crippen molar-refractivity contribution in [3.8, 4) is 0 Å². The van der Waals surface area contributed by atoms with Crippen LogP contribution in [0.25, 0.3) is 0 Å². The number of urea groups is 1. The van der Waals surface area contributed by atoms with Gasteiger partial charge >= 0.3 is 12.0 Å². The van der Waals surface area contributed by atoms with Crippen molar-refractivity contribution in [2.45, 2.75) is 31.8 Å². The minimum Gasteiger partial charge on any atom is -0.481 e. The quantitative estimate of drug-likeness (QED) is 0.923. The molecule has 0 aromatic heterocycles. The molecule has 2 fully saturated rings. The molecule has 0 saturated carbocycles. The predicted octanol–water partition coefficient (Wildman–Crippen LogP) is 2.59. The second-order valence-corrected chi connectivity index (χ2v) is 6.58. The highest BCUT2D eigenvalue weighted by atomic mass is 16.5. The third kappa shape index (κ3) is 3.24. The molecule has 0 radical (unpaired) electrons. The van der Waals surface area contributed by atoms with Crippen molar-refractivity contribution in [2.75, 3.05) is 31.1 Å². The number of ether oxygens (including phenoxy) is 1. The highest BCUT2D eigenvalue weighted by Gasteiger charge is 2.45. The van der Waals surface area contributed by atoms with E-state index in [1.54, 1.807) is 4.90 Å². The predicted molar refractivity (Wildman–Crippen MR) is 90.1 cm³/mol. The molecular weight excluding hydrogens is 308 g/mol. The maximum atomic E-state index is 12.8. The molecule has 0 aliphatic carbocycles. The molecule has 1 aromatic rings. The number of carbonyl (C=O) groups is 2. The molecule has 6 heteroatoms. The summed E-state index contributed by atoms with van der Waals surface area (Å²) in [5.74, 6) is -1.20. The Morgan fingerprint density at radius 2 is 1.96 bits per heavy atom. The van der Waals surface area contributed by atoms with E-state index < -0.39 is 11.9 Å². The molecule has 2 aliphatic rings. The van der Waals surface area contributed by atoms with Gasteiger partial charge in [0.15, 0.2) is 0 Å². The maximum Gasteiger partial charge on any atom is 0.324 e. The van der Waals surface area contributed by atoms with Gasteiger partial charge in [0.2, 0.25) is 0 Å². The molecule has 2 heterocycles. The van der Waals surface area contributed by atoms with Crippen LogP contribution in [0.15, 0.2) is 30.3 Å². The van der Waals surface area contributed by atoms with Crippen molar-refractivity contribution >= 4 is 17.7 Å². The number of carbonyl (C=O) groups excluding carboxylic acids is 1. The van der Waals surface area contributed by atoms with Gasteiger partial charge in [0.05, 0.1) is 18.1 Å². The van der Waals surface area contributed by atoms with Crippen LogP contribution >= 0.6 is 0 Å². The average Bonchev–Trinajstić information content (AvgIpc) is 3.01. The second-order valence-electron chi connectivity index (χ2n) is 6.58. The Kier molecular flexibility index (Phi) is 4.76. The van der Waals surface area contributed by atoms with Crippen LogP contribution in [0.3, 0.4) is 0 Å². The zero-order chi connectivity index (χ0) is 17.2. The summed E-state index contributed by atoms with van der Waals surface area (Å²) in [7, 11) is 0. The lowest BCUT2D eigenvalue weighted by atomic mass is 9.85. The third-order valence-corrected chi connectivity index (χ3v) is 5.12. The number of carboxylic acids is 1. The van der Waals surface area contributed by atoms with Crippen LogP contribution in [-0.4, -0.2) is 53.8 Å². The number of anilines is 1. The lowest BCUT2D eigenvalue weighted by Gasteiger charge is -2.40. The minimum absolute atomic E-state index is 0.00586. The number of hydrogen-bond donors (Lipinski definition) is 1. The third-order valence-electron chi connectivity index (χ3n) is 5.12. The Hall–Kier alpha value is -2.08. The number of amides is 2. The molecule has 2 amide bonds. The van der Waals surface area contributed by atoms with Gasteiger partial charge in [-0.3, -0.25) is 9.69 Å². The number of likely N-dealkylation sites (tertiary alicyclic amines) is 1. The molecule has 2 saturated heterocycles. The van der Waals surface area contributed by atoms with Gasteiger partial charge in [-0.1, -0.05) is 18.2 Å². The van der Waals surface area contributed by atoms with Gasteiger partial charge in [-0.15, -0.1) is 0 Å². The van der Waals surface area contributed by atoms with Gasteiger partial charge in [-0.2, -0.15) is 0 Å². The van der Waals surface area contributed by atoms with E-state index >= 15 is 0 Å². The first-order valence-electron chi connectivity index (χ1n) is 8.53. The Bertz CT molecular complexity index is 596. The first kappa shape index (κ1) is 16.8. The molecule has 1 N–H and O–H groups in total. The van der Waals surface area contributed by atoms with Gasteiger partial charge in [0.25, 0.3) is 0 Å². The van der Waals surface area contributed by atoms with Gasteiger partial charge in [0, 0.05) is 25.3 Å². The van der Waals surface area contributed by atoms with Gasteiger partial charge in [0.1, 0.15) is 0 Å². The van der Waals surface area contributed by atoms with Crippen molar-refractivity contribution in [1.82, 2.24) is 4.90 Å². The monoisotopic (exact) mass is 332 g/mol. The van der Waals surface area contributed by atoms with E-state index in [9.17, 15) is 9.59 Å².